The molecule has 5 nitrogen and oxygen atoms in total. The Morgan fingerprint density at radius 3 is 2.67 bits per heavy atom. The summed E-state index contributed by atoms with van der Waals surface area (Å²) in [4.78, 5) is 13.2. The predicted octanol–water partition coefficient (Wildman–Crippen LogP) is 2.54. The van der Waals surface area contributed by atoms with Crippen molar-refractivity contribution in [3.8, 4) is 5.75 Å². The maximum Gasteiger partial charge on any atom is 0.407 e. The molecule has 0 saturated heterocycles. The fourth-order valence-electron chi connectivity index (χ4n) is 1.00. The largest absolute Gasteiger partial charge is 0.489 e. The number of halogens is 3. The summed E-state index contributed by atoms with van der Waals surface area (Å²) in [5, 5.41) is 10.5. The van der Waals surface area contributed by atoms with Crippen LogP contribution in [0.3, 0.4) is 0 Å². The average Bonchev–Trinajstić information content (AvgIpc) is 2.16. The van der Waals surface area contributed by atoms with Crippen molar-refractivity contribution in [2.24, 2.45) is 0 Å². The lowest BCUT2D eigenvalue weighted by Gasteiger charge is -2.06. The van der Waals surface area contributed by atoms with Crippen LogP contribution in [0.1, 0.15) is 12.0 Å². The molecule has 82 valence electrons. The number of nitrogens with zero attached hydrogens (tertiary/aromatic N) is 2. The minimum atomic E-state index is -2.84. The van der Waals surface area contributed by atoms with Crippen LogP contribution >= 0.6 is 22.6 Å². The third kappa shape index (κ3) is 2.49. The highest BCUT2D eigenvalue weighted by Crippen LogP contribution is 2.36. The van der Waals surface area contributed by atoms with Crippen LogP contribution in [0, 0.1) is 13.8 Å². The zero-order valence-corrected chi connectivity index (χ0v) is 9.57. The summed E-state index contributed by atoms with van der Waals surface area (Å²) in [6.07, 6.45) is -2.84. The molecule has 1 aromatic heterocycles. The van der Waals surface area contributed by atoms with Crippen molar-refractivity contribution < 1.29 is 18.4 Å². The number of hydrogen-bond donors (Lipinski definition) is 0. The van der Waals surface area contributed by atoms with Crippen LogP contribution in [-0.2, 0) is 0 Å². The molecule has 8 heteroatoms. The molecule has 0 spiro atoms. The van der Waals surface area contributed by atoms with Crippen molar-refractivity contribution in [1.82, 2.24) is 4.98 Å². The van der Waals surface area contributed by atoms with Gasteiger partial charge in [-0.25, -0.2) is 8.78 Å². The van der Waals surface area contributed by atoms with E-state index in [1.54, 1.807) is 22.6 Å². The van der Waals surface area contributed by atoms with Crippen molar-refractivity contribution in [3.63, 3.8) is 0 Å². The van der Waals surface area contributed by atoms with Crippen LogP contribution in [0.2, 0.25) is 0 Å². The molecule has 0 amide bonds. The van der Waals surface area contributed by atoms with Crippen molar-refractivity contribution in [2.75, 3.05) is 7.11 Å². The minimum absolute atomic E-state index is 0.121. The van der Waals surface area contributed by atoms with Gasteiger partial charge in [-0.05, 0) is 9.91 Å². The molecule has 0 unspecified atom stereocenters. The Kier molecular flexibility index (Phi) is 3.72. The van der Waals surface area contributed by atoms with Gasteiger partial charge in [-0.3, -0.25) is 0 Å². The summed E-state index contributed by atoms with van der Waals surface area (Å²) < 4.78 is 29.7. The van der Waals surface area contributed by atoms with Gasteiger partial charge in [-0.15, -0.1) is 0 Å². The Morgan fingerprint density at radius 2 is 2.27 bits per heavy atom. The molecule has 1 rings (SSSR count). The molecule has 0 N–H and O–H groups in total. The maximum atomic E-state index is 12.5. The molecular weight excluding hydrogens is 325 g/mol. The highest BCUT2D eigenvalue weighted by molar-refractivity contribution is 14.1. The summed E-state index contributed by atoms with van der Waals surface area (Å²) in [7, 11) is 1.09. The number of hydrogen-bond acceptors (Lipinski definition) is 4. The lowest BCUT2D eigenvalue weighted by atomic mass is 10.2. The average molecular weight is 330 g/mol. The second kappa shape index (κ2) is 4.64. The van der Waals surface area contributed by atoms with Gasteiger partial charge in [0.05, 0.1) is 12.7 Å². The number of alkyl halides is 2. The van der Waals surface area contributed by atoms with Crippen LogP contribution in [0.25, 0.3) is 0 Å². The third-order valence-corrected chi connectivity index (χ3v) is 2.12. The number of pyridine rings is 1. The molecule has 0 aromatic carbocycles. The monoisotopic (exact) mass is 330 g/mol. The van der Waals surface area contributed by atoms with E-state index in [-0.39, 0.29) is 3.70 Å². The molecule has 0 aliphatic heterocycles. The summed E-state index contributed by atoms with van der Waals surface area (Å²) in [6, 6.07) is 1.05. The Balaban J connectivity index is 3.45. The van der Waals surface area contributed by atoms with Crippen LogP contribution in [-0.4, -0.2) is 17.0 Å². The van der Waals surface area contributed by atoms with Crippen LogP contribution in [0.15, 0.2) is 6.07 Å². The van der Waals surface area contributed by atoms with E-state index < -0.39 is 28.5 Å². The normalized spacial score (nSPS) is 10.5. The molecule has 0 aliphatic rings. The third-order valence-electron chi connectivity index (χ3n) is 1.56. The first-order chi connectivity index (χ1) is 6.97. The number of ether oxygens (including phenoxy) is 1. The van der Waals surface area contributed by atoms with Gasteiger partial charge in [-0.2, -0.15) is 0 Å². The number of rotatable bonds is 3. The van der Waals surface area contributed by atoms with Gasteiger partial charge >= 0.3 is 5.82 Å². The van der Waals surface area contributed by atoms with Gasteiger partial charge < -0.3 is 14.9 Å². The van der Waals surface area contributed by atoms with Crippen molar-refractivity contribution in [3.05, 3.63) is 25.4 Å². The molecule has 0 atom stereocenters. The van der Waals surface area contributed by atoms with Gasteiger partial charge in [-0.1, -0.05) is 0 Å². The second-order valence-electron chi connectivity index (χ2n) is 2.45. The van der Waals surface area contributed by atoms with Crippen LogP contribution in [0.5, 0.6) is 5.75 Å². The SMILES string of the molecule is COc1c(C(F)F)cc(I)nc1[N+](=O)[O-]. The van der Waals surface area contributed by atoms with Crippen LogP contribution < -0.4 is 4.74 Å². The Labute approximate surface area is 96.7 Å². The Bertz CT molecular complexity index is 400. The molecule has 0 fully saturated rings. The predicted molar refractivity (Wildman–Crippen MR) is 55.1 cm³/mol. The first-order valence-electron chi connectivity index (χ1n) is 3.64. The van der Waals surface area contributed by atoms with Gasteiger partial charge in [0.15, 0.2) is 0 Å². The van der Waals surface area contributed by atoms with E-state index in [1.165, 1.54) is 0 Å². The topological polar surface area (TPSA) is 65.3 Å². The van der Waals surface area contributed by atoms with E-state index in [1.807, 2.05) is 0 Å². The fraction of sp³-hybridized carbons (Fsp3) is 0.286. The standard InChI is InChI=1S/C7H5F2IN2O3/c1-15-5-3(6(8)9)2-4(10)11-7(5)12(13)14/h2,6H,1H3. The van der Waals surface area contributed by atoms with Gasteiger partial charge in [0.2, 0.25) is 9.45 Å². The summed E-state index contributed by atoms with van der Waals surface area (Å²) in [5.41, 5.74) is -0.524. The smallest absolute Gasteiger partial charge is 0.407 e. The zero-order valence-electron chi connectivity index (χ0n) is 7.41. The first kappa shape index (κ1) is 12.0. The van der Waals surface area contributed by atoms with Crippen molar-refractivity contribution in [1.29, 1.82) is 0 Å². The molecule has 15 heavy (non-hydrogen) atoms. The van der Waals surface area contributed by atoms with E-state index >= 15 is 0 Å². The van der Waals surface area contributed by atoms with Crippen molar-refractivity contribution in [2.45, 2.75) is 6.43 Å². The van der Waals surface area contributed by atoms with E-state index in [9.17, 15) is 18.9 Å². The Hall–Kier alpha value is -1.06. The van der Waals surface area contributed by atoms with E-state index in [0.717, 1.165) is 13.2 Å². The summed E-state index contributed by atoms with van der Waals surface area (Å²) >= 11 is 1.63. The highest BCUT2D eigenvalue weighted by atomic mass is 127. The number of nitro groups is 1. The van der Waals surface area contributed by atoms with Gasteiger partial charge in [0.1, 0.15) is 0 Å². The molecule has 0 radical (unpaired) electrons. The molecule has 1 heterocycles. The lowest BCUT2D eigenvalue weighted by molar-refractivity contribution is -0.390. The lowest BCUT2D eigenvalue weighted by Crippen LogP contribution is -2.02. The van der Waals surface area contributed by atoms with E-state index in [4.69, 9.17) is 0 Å². The first-order valence-corrected chi connectivity index (χ1v) is 4.72. The molecule has 0 bridgehead atoms. The fourth-order valence-corrected chi connectivity index (χ4v) is 1.57. The van der Waals surface area contributed by atoms with E-state index in [0.29, 0.717) is 0 Å². The summed E-state index contributed by atoms with van der Waals surface area (Å²) in [5.74, 6) is -1.19. The highest BCUT2D eigenvalue weighted by Gasteiger charge is 2.27. The Morgan fingerprint density at radius 1 is 1.67 bits per heavy atom. The molecular formula is C7H5F2IN2O3. The second-order valence-corrected chi connectivity index (χ2v) is 3.55. The zero-order chi connectivity index (χ0) is 11.6. The van der Waals surface area contributed by atoms with Crippen LogP contribution in [0.4, 0.5) is 14.6 Å². The summed E-state index contributed by atoms with van der Waals surface area (Å²) in [6.45, 7) is 0. The van der Waals surface area contributed by atoms with E-state index in [2.05, 4.69) is 9.72 Å². The molecule has 0 saturated carbocycles. The van der Waals surface area contributed by atoms with Gasteiger partial charge in [0.25, 0.3) is 6.43 Å². The number of aromatic nitrogens is 1. The molecule has 0 aliphatic carbocycles. The van der Waals surface area contributed by atoms with Crippen molar-refractivity contribution >= 4 is 28.4 Å². The maximum absolute atomic E-state index is 12.5. The minimum Gasteiger partial charge on any atom is -0.489 e. The number of methoxy groups -OCH3 is 1. The molecule has 1 aromatic rings. The van der Waals surface area contributed by atoms with Gasteiger partial charge in [0, 0.05) is 28.7 Å². The quantitative estimate of drug-likeness (QED) is 0.370.